The minimum atomic E-state index is 0.902. The van der Waals surface area contributed by atoms with Crippen molar-refractivity contribution >= 4 is 27.5 Å². The minimum absolute atomic E-state index is 0.902. The van der Waals surface area contributed by atoms with Gasteiger partial charge >= 0.3 is 0 Å². The summed E-state index contributed by atoms with van der Waals surface area (Å²) in [6.07, 6.45) is 7.56. The van der Waals surface area contributed by atoms with Crippen molar-refractivity contribution < 1.29 is 0 Å². The molecule has 0 amide bonds. The summed E-state index contributed by atoms with van der Waals surface area (Å²) >= 11 is 0. The SMILES string of the molecule is c1ccc2c(c1)Cc1c-2ccc2c1Cc1c-2nc2c3cccnc3c3ccncc3n12. The molecule has 0 fully saturated rings. The number of hydrogen-bond acceptors (Lipinski definition) is 3. The third-order valence-electron chi connectivity index (χ3n) is 7.02. The molecule has 0 N–H and O–H groups in total. The molecule has 4 heteroatoms. The highest BCUT2D eigenvalue weighted by Gasteiger charge is 2.31. The van der Waals surface area contributed by atoms with Crippen LogP contribution < -0.4 is 0 Å². The van der Waals surface area contributed by atoms with Gasteiger partial charge in [-0.25, -0.2) is 4.98 Å². The summed E-state index contributed by atoms with van der Waals surface area (Å²) in [6.45, 7) is 0. The van der Waals surface area contributed by atoms with Crippen molar-refractivity contribution in [1.82, 2.24) is 19.4 Å². The van der Waals surface area contributed by atoms with Gasteiger partial charge in [-0.1, -0.05) is 36.4 Å². The molecule has 0 atom stereocenters. The van der Waals surface area contributed by atoms with Gasteiger partial charge in [0.2, 0.25) is 0 Å². The van der Waals surface area contributed by atoms with Crippen LogP contribution in [0, 0.1) is 0 Å². The van der Waals surface area contributed by atoms with Crippen molar-refractivity contribution in [3.8, 4) is 22.4 Å². The van der Waals surface area contributed by atoms with Crippen LogP contribution in [-0.2, 0) is 12.8 Å². The predicted octanol–water partition coefficient (Wildman–Crippen LogP) is 5.57. The maximum atomic E-state index is 5.18. The van der Waals surface area contributed by atoms with Crippen LogP contribution in [0.25, 0.3) is 49.8 Å². The molecule has 2 aromatic carbocycles. The average Bonchev–Trinajstić information content (AvgIpc) is 3.49. The summed E-state index contributed by atoms with van der Waals surface area (Å²) in [7, 11) is 0. The molecule has 0 unspecified atom stereocenters. The Kier molecular flexibility index (Phi) is 2.72. The maximum Gasteiger partial charge on any atom is 0.147 e. The Morgan fingerprint density at radius 1 is 0.742 bits per heavy atom. The summed E-state index contributed by atoms with van der Waals surface area (Å²) in [5, 5.41) is 2.21. The van der Waals surface area contributed by atoms with Crippen molar-refractivity contribution in [1.29, 1.82) is 0 Å². The zero-order chi connectivity index (χ0) is 20.1. The van der Waals surface area contributed by atoms with E-state index in [1.165, 1.54) is 39.1 Å². The minimum Gasteiger partial charge on any atom is -0.293 e. The predicted molar refractivity (Wildman–Crippen MR) is 122 cm³/mol. The second-order valence-corrected chi connectivity index (χ2v) is 8.49. The molecule has 8 rings (SSSR count). The lowest BCUT2D eigenvalue weighted by Gasteiger charge is -2.10. The van der Waals surface area contributed by atoms with Gasteiger partial charge in [0.1, 0.15) is 5.65 Å². The molecule has 0 saturated heterocycles. The standard InChI is InChI=1S/C27H16N4/c1-2-5-16-15(4-1)12-21-17(16)7-8-18-22(21)13-23-26(18)30-27-20-6-3-10-29-25(20)19-9-11-28-14-24(19)31(23)27/h1-11,14H,12-13H2. The van der Waals surface area contributed by atoms with E-state index in [1.807, 2.05) is 24.7 Å². The van der Waals surface area contributed by atoms with Gasteiger partial charge in [0.05, 0.1) is 28.6 Å². The molecule has 0 radical (unpaired) electrons. The van der Waals surface area contributed by atoms with E-state index >= 15 is 0 Å². The van der Waals surface area contributed by atoms with Gasteiger partial charge in [-0.3, -0.25) is 14.4 Å². The average molecular weight is 396 g/mol. The molecular weight excluding hydrogens is 380 g/mol. The number of pyridine rings is 3. The van der Waals surface area contributed by atoms with Crippen LogP contribution in [0.2, 0.25) is 0 Å². The van der Waals surface area contributed by atoms with Crippen LogP contribution in [0.3, 0.4) is 0 Å². The van der Waals surface area contributed by atoms with Crippen LogP contribution in [0.5, 0.6) is 0 Å². The third kappa shape index (κ3) is 1.84. The van der Waals surface area contributed by atoms with E-state index in [4.69, 9.17) is 4.98 Å². The second kappa shape index (κ2) is 5.35. The van der Waals surface area contributed by atoms with E-state index in [0.717, 1.165) is 46.0 Å². The Hall–Kier alpha value is -4.05. The van der Waals surface area contributed by atoms with Crippen molar-refractivity contribution in [2.75, 3.05) is 0 Å². The molecule has 0 aliphatic heterocycles. The molecule has 31 heavy (non-hydrogen) atoms. The summed E-state index contributed by atoms with van der Waals surface area (Å²) in [4.78, 5) is 14.3. The highest BCUT2D eigenvalue weighted by molar-refractivity contribution is 6.10. The lowest BCUT2D eigenvalue weighted by molar-refractivity contribution is 1.07. The molecular formula is C27H16N4. The lowest BCUT2D eigenvalue weighted by Crippen LogP contribution is -1.99. The fourth-order valence-corrected chi connectivity index (χ4v) is 5.70. The van der Waals surface area contributed by atoms with Gasteiger partial charge < -0.3 is 0 Å². The Bertz CT molecular complexity index is 1740. The molecule has 4 heterocycles. The summed E-state index contributed by atoms with van der Waals surface area (Å²) in [5.41, 5.74) is 13.8. The Balaban J connectivity index is 1.47. The van der Waals surface area contributed by atoms with E-state index in [0.29, 0.717) is 0 Å². The molecule has 4 nitrogen and oxygen atoms in total. The van der Waals surface area contributed by atoms with Gasteiger partial charge in [0, 0.05) is 35.2 Å². The lowest BCUT2D eigenvalue weighted by atomic mass is 9.97. The number of imidazole rings is 1. The number of aromatic nitrogens is 4. The molecule has 0 saturated carbocycles. The monoisotopic (exact) mass is 396 g/mol. The number of fused-ring (bicyclic) bond motifs is 14. The van der Waals surface area contributed by atoms with Crippen molar-refractivity contribution in [3.63, 3.8) is 0 Å². The van der Waals surface area contributed by atoms with Crippen LogP contribution in [0.15, 0.2) is 73.2 Å². The van der Waals surface area contributed by atoms with Crippen molar-refractivity contribution in [3.05, 3.63) is 95.6 Å². The molecule has 0 bridgehead atoms. The van der Waals surface area contributed by atoms with Gasteiger partial charge in [0.15, 0.2) is 0 Å². The van der Waals surface area contributed by atoms with Gasteiger partial charge in [-0.2, -0.15) is 0 Å². The van der Waals surface area contributed by atoms with E-state index in [-0.39, 0.29) is 0 Å². The first-order chi connectivity index (χ1) is 15.4. The van der Waals surface area contributed by atoms with E-state index in [1.54, 1.807) is 0 Å². The van der Waals surface area contributed by atoms with Crippen LogP contribution in [0.4, 0.5) is 0 Å². The summed E-state index contributed by atoms with van der Waals surface area (Å²) in [5.74, 6) is 0. The second-order valence-electron chi connectivity index (χ2n) is 8.49. The smallest absolute Gasteiger partial charge is 0.147 e. The molecule has 2 aliphatic rings. The van der Waals surface area contributed by atoms with Crippen LogP contribution in [0.1, 0.15) is 22.4 Å². The maximum absolute atomic E-state index is 5.18. The normalized spacial score (nSPS) is 13.5. The van der Waals surface area contributed by atoms with Crippen LogP contribution in [-0.4, -0.2) is 19.4 Å². The quantitative estimate of drug-likeness (QED) is 0.315. The topological polar surface area (TPSA) is 43.1 Å². The highest BCUT2D eigenvalue weighted by Crippen LogP contribution is 2.47. The van der Waals surface area contributed by atoms with E-state index in [9.17, 15) is 0 Å². The Morgan fingerprint density at radius 3 is 2.65 bits per heavy atom. The van der Waals surface area contributed by atoms with Crippen LogP contribution >= 0.6 is 0 Å². The number of benzene rings is 2. The van der Waals surface area contributed by atoms with Gasteiger partial charge in [-0.05, 0) is 52.4 Å². The largest absolute Gasteiger partial charge is 0.293 e. The highest BCUT2D eigenvalue weighted by atomic mass is 15.0. The summed E-state index contributed by atoms with van der Waals surface area (Å²) in [6, 6.07) is 19.5. The molecule has 144 valence electrons. The first-order valence-electron chi connectivity index (χ1n) is 10.6. The molecule has 4 aromatic heterocycles. The fraction of sp³-hybridized carbons (Fsp3) is 0.0741. The van der Waals surface area contributed by atoms with Gasteiger partial charge in [-0.15, -0.1) is 0 Å². The van der Waals surface area contributed by atoms with Crippen molar-refractivity contribution in [2.24, 2.45) is 0 Å². The van der Waals surface area contributed by atoms with E-state index < -0.39 is 0 Å². The van der Waals surface area contributed by atoms with Gasteiger partial charge in [0.25, 0.3) is 0 Å². The first kappa shape index (κ1) is 15.7. The number of hydrogen-bond donors (Lipinski definition) is 0. The Labute approximate surface area is 177 Å². The zero-order valence-corrected chi connectivity index (χ0v) is 16.6. The first-order valence-corrected chi connectivity index (χ1v) is 10.6. The van der Waals surface area contributed by atoms with Crippen molar-refractivity contribution in [2.45, 2.75) is 12.8 Å². The molecule has 6 aromatic rings. The zero-order valence-electron chi connectivity index (χ0n) is 16.6. The van der Waals surface area contributed by atoms with E-state index in [2.05, 4.69) is 62.9 Å². The molecule has 2 aliphatic carbocycles. The summed E-state index contributed by atoms with van der Waals surface area (Å²) < 4.78 is 2.32. The fourth-order valence-electron chi connectivity index (χ4n) is 5.70. The third-order valence-corrected chi connectivity index (χ3v) is 7.02. The number of rotatable bonds is 0. The Morgan fingerprint density at radius 2 is 1.65 bits per heavy atom. The number of nitrogens with zero attached hydrogens (tertiary/aromatic N) is 4. The molecule has 0 spiro atoms.